The maximum atomic E-state index is 13.0. The van der Waals surface area contributed by atoms with Crippen LogP contribution in [-0.2, 0) is 19.1 Å². The minimum absolute atomic E-state index is 0.187. The second kappa shape index (κ2) is 5.12. The van der Waals surface area contributed by atoms with Crippen molar-refractivity contribution < 1.29 is 19.1 Å². The molecule has 0 aliphatic heterocycles. The number of esters is 2. The van der Waals surface area contributed by atoms with Gasteiger partial charge >= 0.3 is 11.9 Å². The molecule has 10 aliphatic rings. The van der Waals surface area contributed by atoms with E-state index in [1.807, 2.05) is 0 Å². The lowest BCUT2D eigenvalue weighted by atomic mass is 9.63. The van der Waals surface area contributed by atoms with Crippen LogP contribution in [0.25, 0.3) is 0 Å². The Balaban J connectivity index is 1.49. The highest BCUT2D eigenvalue weighted by Gasteiger charge is 2.73. The van der Waals surface area contributed by atoms with Crippen molar-refractivity contribution in [2.45, 2.75) is 38.5 Å². The van der Waals surface area contributed by atoms with E-state index >= 15 is 0 Å². The first kappa shape index (κ1) is 16.2. The number of rotatable bonds is 2. The summed E-state index contributed by atoms with van der Waals surface area (Å²) in [7, 11) is 2.95. The van der Waals surface area contributed by atoms with Crippen molar-refractivity contribution in [3.05, 3.63) is 22.3 Å². The van der Waals surface area contributed by atoms with Gasteiger partial charge in [-0.2, -0.15) is 0 Å². The molecule has 10 aliphatic carbocycles. The Hall–Kier alpha value is -1.58. The number of hydrogen-bond acceptors (Lipinski definition) is 4. The Morgan fingerprint density at radius 2 is 1.14 bits per heavy atom. The van der Waals surface area contributed by atoms with E-state index < -0.39 is 0 Å². The van der Waals surface area contributed by atoms with Crippen LogP contribution in [0.5, 0.6) is 0 Å². The van der Waals surface area contributed by atoms with Crippen LogP contribution in [0.4, 0.5) is 0 Å². The van der Waals surface area contributed by atoms with Gasteiger partial charge in [0.1, 0.15) is 0 Å². The number of carbonyl (C=O) groups excluding carboxylic acids is 2. The lowest BCUT2D eigenvalue weighted by Crippen LogP contribution is -2.45. The minimum atomic E-state index is -0.327. The SMILES string of the molecule is COC(=O)[C@@H]1[C@H](C(=O)OC)[C@H]2C3=C4CC5CC(=C6[C@H]7CC[C@@H]6C(C72)[C@@H]31)CC5C4. The first-order chi connectivity index (χ1) is 13.6. The van der Waals surface area contributed by atoms with Crippen molar-refractivity contribution >= 4 is 11.9 Å². The third-order valence-corrected chi connectivity index (χ3v) is 10.1. The molecule has 10 rings (SSSR count). The smallest absolute Gasteiger partial charge is 0.310 e. The van der Waals surface area contributed by atoms with E-state index in [0.29, 0.717) is 23.7 Å². The van der Waals surface area contributed by atoms with Gasteiger partial charge in [0.2, 0.25) is 0 Å². The molecule has 12 bridgehead atoms. The normalized spacial score (nSPS) is 51.1. The summed E-state index contributed by atoms with van der Waals surface area (Å²) in [5, 5.41) is 0. The summed E-state index contributed by atoms with van der Waals surface area (Å²) in [5.74, 6) is 3.51. The standard InChI is InChI=1S/C24H28O4/c1-27-23(25)21-19-16-12-7-9-5-11(6-10(9)8-12)15-13-3-4-14(15)18(17(13)19)20(16)22(21)24(26)28-2/h9-10,13-14,17-22H,3-8H2,1-2H3/t9?,10?,13-,14+,17?,18?,19+,20-,21-,22+. The second-order valence-corrected chi connectivity index (χ2v) is 10.5. The van der Waals surface area contributed by atoms with Crippen molar-refractivity contribution in [3.8, 4) is 0 Å². The van der Waals surface area contributed by atoms with Crippen LogP contribution >= 0.6 is 0 Å². The minimum Gasteiger partial charge on any atom is -0.469 e. The highest BCUT2D eigenvalue weighted by Crippen LogP contribution is 2.76. The Labute approximate surface area is 165 Å². The lowest BCUT2D eigenvalue weighted by molar-refractivity contribution is -0.163. The fraction of sp³-hybridized carbons (Fsp3) is 0.750. The Bertz CT molecular complexity index is 815. The molecule has 0 N–H and O–H groups in total. The molecule has 0 saturated heterocycles. The fourth-order valence-corrected chi connectivity index (χ4v) is 9.78. The Morgan fingerprint density at radius 3 is 1.57 bits per heavy atom. The maximum absolute atomic E-state index is 13.0. The molecule has 6 fully saturated rings. The van der Waals surface area contributed by atoms with E-state index in [9.17, 15) is 9.59 Å². The van der Waals surface area contributed by atoms with Crippen molar-refractivity contribution in [2.24, 2.45) is 59.2 Å². The van der Waals surface area contributed by atoms with Gasteiger partial charge in [0, 0.05) is 0 Å². The second-order valence-electron chi connectivity index (χ2n) is 10.5. The molecule has 148 valence electrons. The van der Waals surface area contributed by atoms with Gasteiger partial charge < -0.3 is 9.47 Å². The van der Waals surface area contributed by atoms with Gasteiger partial charge in [-0.1, -0.05) is 22.3 Å². The monoisotopic (exact) mass is 380 g/mol. The van der Waals surface area contributed by atoms with Gasteiger partial charge in [0.25, 0.3) is 0 Å². The van der Waals surface area contributed by atoms with E-state index in [1.54, 1.807) is 16.7 Å². The van der Waals surface area contributed by atoms with Gasteiger partial charge in [0.05, 0.1) is 26.1 Å². The first-order valence-electron chi connectivity index (χ1n) is 11.2. The molecule has 10 atom stereocenters. The summed E-state index contributed by atoms with van der Waals surface area (Å²) in [5.41, 5.74) is 6.76. The van der Waals surface area contributed by atoms with Gasteiger partial charge in [0.15, 0.2) is 0 Å². The van der Waals surface area contributed by atoms with Gasteiger partial charge in [-0.15, -0.1) is 0 Å². The van der Waals surface area contributed by atoms with Crippen LogP contribution < -0.4 is 0 Å². The maximum Gasteiger partial charge on any atom is 0.310 e. The van der Waals surface area contributed by atoms with Crippen molar-refractivity contribution in [2.75, 3.05) is 14.2 Å². The van der Waals surface area contributed by atoms with E-state index in [-0.39, 0.29) is 35.6 Å². The van der Waals surface area contributed by atoms with Gasteiger partial charge in [-0.05, 0) is 85.9 Å². The Morgan fingerprint density at radius 1 is 0.714 bits per heavy atom. The molecule has 0 aromatic heterocycles. The van der Waals surface area contributed by atoms with E-state index in [2.05, 4.69) is 0 Å². The van der Waals surface area contributed by atoms with Crippen molar-refractivity contribution in [3.63, 3.8) is 0 Å². The summed E-state index contributed by atoms with van der Waals surface area (Å²) in [6.07, 6.45) is 7.67. The van der Waals surface area contributed by atoms with E-state index in [1.165, 1.54) is 58.3 Å². The van der Waals surface area contributed by atoms with Crippen molar-refractivity contribution in [1.82, 2.24) is 0 Å². The average molecular weight is 380 g/mol. The zero-order chi connectivity index (χ0) is 18.9. The summed E-state index contributed by atoms with van der Waals surface area (Å²) in [6, 6.07) is 0. The number of hydrogen-bond donors (Lipinski definition) is 0. The molecule has 0 heterocycles. The molecule has 0 spiro atoms. The van der Waals surface area contributed by atoms with Crippen LogP contribution in [0.15, 0.2) is 22.3 Å². The molecule has 4 unspecified atom stereocenters. The highest BCUT2D eigenvalue weighted by molar-refractivity contribution is 5.86. The lowest BCUT2D eigenvalue weighted by Gasteiger charge is -2.39. The molecule has 4 nitrogen and oxygen atoms in total. The summed E-state index contributed by atoms with van der Waals surface area (Å²) in [6.45, 7) is 0. The number of allylic oxidation sites excluding steroid dienone is 4. The topological polar surface area (TPSA) is 52.6 Å². The first-order valence-corrected chi connectivity index (χ1v) is 11.2. The van der Waals surface area contributed by atoms with Crippen LogP contribution in [0.2, 0.25) is 0 Å². The van der Waals surface area contributed by atoms with Crippen LogP contribution in [-0.4, -0.2) is 26.2 Å². The Kier molecular flexibility index (Phi) is 2.97. The number of ether oxygens (including phenoxy) is 2. The zero-order valence-electron chi connectivity index (χ0n) is 16.6. The van der Waals surface area contributed by atoms with Gasteiger partial charge in [-0.3, -0.25) is 9.59 Å². The van der Waals surface area contributed by atoms with E-state index in [4.69, 9.17) is 9.47 Å². The summed E-state index contributed by atoms with van der Waals surface area (Å²) in [4.78, 5) is 25.9. The molecule has 0 aromatic carbocycles. The number of carbonyl (C=O) groups is 2. The highest BCUT2D eigenvalue weighted by atomic mass is 16.5. The molecule has 0 aromatic rings. The number of methoxy groups -OCH3 is 2. The van der Waals surface area contributed by atoms with Crippen LogP contribution in [0.3, 0.4) is 0 Å². The molecule has 28 heavy (non-hydrogen) atoms. The summed E-state index contributed by atoms with van der Waals surface area (Å²) < 4.78 is 10.5. The van der Waals surface area contributed by atoms with Gasteiger partial charge in [-0.25, -0.2) is 0 Å². The third kappa shape index (κ3) is 1.60. The summed E-state index contributed by atoms with van der Waals surface area (Å²) >= 11 is 0. The molecule has 4 heteroatoms. The predicted octanol–water partition coefficient (Wildman–Crippen LogP) is 3.52. The molecular weight excluding hydrogens is 352 g/mol. The molecular formula is C24H28O4. The van der Waals surface area contributed by atoms with Crippen LogP contribution in [0.1, 0.15) is 38.5 Å². The van der Waals surface area contributed by atoms with E-state index in [0.717, 1.165) is 11.8 Å². The van der Waals surface area contributed by atoms with Crippen molar-refractivity contribution in [1.29, 1.82) is 0 Å². The molecule has 6 saturated carbocycles. The molecule has 0 amide bonds. The fourth-order valence-electron chi connectivity index (χ4n) is 9.78. The quantitative estimate of drug-likeness (QED) is 0.543. The average Bonchev–Trinajstić information content (AvgIpc) is 3.48. The van der Waals surface area contributed by atoms with Crippen LogP contribution in [0, 0.1) is 59.2 Å². The zero-order valence-corrected chi connectivity index (χ0v) is 16.6. The molecule has 0 radical (unpaired) electrons. The third-order valence-electron chi connectivity index (χ3n) is 10.1. The largest absolute Gasteiger partial charge is 0.469 e. The predicted molar refractivity (Wildman–Crippen MR) is 101 cm³/mol.